The number of hydrogen-bond donors (Lipinski definition) is 1. The van der Waals surface area contributed by atoms with Gasteiger partial charge < -0.3 is 5.73 Å². The average Bonchev–Trinajstić information content (AvgIpc) is 2.60. The number of benzene rings is 2. The van der Waals surface area contributed by atoms with Crippen molar-refractivity contribution in [3.8, 4) is 0 Å². The third-order valence-electron chi connectivity index (χ3n) is 5.20. The smallest absolute Gasteiger partial charge is 0.139 e. The molecule has 2 nitrogen and oxygen atoms in total. The van der Waals surface area contributed by atoms with Crippen LogP contribution < -0.4 is 5.73 Å². The minimum absolute atomic E-state index is 0.155. The number of nitrogens with two attached hydrogens (primary N) is 1. The fourth-order valence-electron chi connectivity index (χ4n) is 3.82. The highest BCUT2D eigenvalue weighted by Crippen LogP contribution is 2.29. The van der Waals surface area contributed by atoms with Gasteiger partial charge in [-0.3, -0.25) is 4.79 Å². The molecule has 0 heterocycles. The zero-order valence-corrected chi connectivity index (χ0v) is 14.3. The van der Waals surface area contributed by atoms with Crippen LogP contribution in [0.3, 0.4) is 0 Å². The maximum atomic E-state index is 13.1. The minimum Gasteiger partial charge on any atom is -0.399 e. The Balaban J connectivity index is 1.72. The average molecular weight is 321 g/mol. The number of carbonyl (C=O) groups excluding carboxylic acids is 1. The summed E-state index contributed by atoms with van der Waals surface area (Å²) in [5, 5.41) is 0. The molecule has 126 valence electrons. The Bertz CT molecular complexity index is 647. The molecule has 2 atom stereocenters. The maximum absolute atomic E-state index is 13.1. The van der Waals surface area contributed by atoms with Crippen LogP contribution in [0.4, 0.5) is 5.69 Å². The Morgan fingerprint density at radius 1 is 0.750 bits per heavy atom. The Morgan fingerprint density at radius 2 is 1.29 bits per heavy atom. The Labute approximate surface area is 145 Å². The molecule has 0 spiro atoms. The van der Waals surface area contributed by atoms with Gasteiger partial charge in [0.15, 0.2) is 0 Å². The molecule has 2 N–H and O–H groups in total. The van der Waals surface area contributed by atoms with Crippen LogP contribution in [0.5, 0.6) is 0 Å². The van der Waals surface area contributed by atoms with Gasteiger partial charge in [0.1, 0.15) is 5.78 Å². The molecule has 2 unspecified atom stereocenters. The highest BCUT2D eigenvalue weighted by atomic mass is 16.1. The Hall–Kier alpha value is -2.09. The summed E-state index contributed by atoms with van der Waals surface area (Å²) >= 11 is 0. The molecule has 2 aromatic carbocycles. The zero-order chi connectivity index (χ0) is 16.8. The van der Waals surface area contributed by atoms with Gasteiger partial charge in [-0.1, -0.05) is 61.7 Å². The summed E-state index contributed by atoms with van der Waals surface area (Å²) in [4.78, 5) is 13.1. The molecule has 1 saturated carbocycles. The van der Waals surface area contributed by atoms with Crippen molar-refractivity contribution < 1.29 is 4.79 Å². The highest BCUT2D eigenvalue weighted by molar-refractivity contribution is 5.84. The van der Waals surface area contributed by atoms with Crippen LogP contribution in [-0.4, -0.2) is 5.78 Å². The van der Waals surface area contributed by atoms with E-state index in [4.69, 9.17) is 5.73 Å². The van der Waals surface area contributed by atoms with Crippen LogP contribution in [0.2, 0.25) is 0 Å². The second-order valence-corrected chi connectivity index (χ2v) is 7.07. The molecule has 0 bridgehead atoms. The number of Topliss-reactive ketones (excluding diaryl/α,β-unsaturated/α-hetero) is 1. The van der Waals surface area contributed by atoms with Crippen LogP contribution in [0, 0.1) is 11.8 Å². The lowest BCUT2D eigenvalue weighted by Crippen LogP contribution is -2.28. The van der Waals surface area contributed by atoms with E-state index in [1.807, 2.05) is 18.2 Å². The van der Waals surface area contributed by atoms with Gasteiger partial charge in [0.2, 0.25) is 0 Å². The van der Waals surface area contributed by atoms with Crippen molar-refractivity contribution in [1.82, 2.24) is 0 Å². The van der Waals surface area contributed by atoms with E-state index >= 15 is 0 Å². The summed E-state index contributed by atoms with van der Waals surface area (Å²) in [6.45, 7) is 0. The van der Waals surface area contributed by atoms with E-state index in [2.05, 4.69) is 36.4 Å². The lowest BCUT2D eigenvalue weighted by atomic mass is 9.78. The number of ketones is 1. The number of hydrogen-bond acceptors (Lipinski definition) is 2. The summed E-state index contributed by atoms with van der Waals surface area (Å²) < 4.78 is 0. The van der Waals surface area contributed by atoms with E-state index < -0.39 is 0 Å². The first-order valence-corrected chi connectivity index (χ1v) is 9.14. The lowest BCUT2D eigenvalue weighted by Gasteiger charge is -2.25. The Morgan fingerprint density at radius 3 is 1.88 bits per heavy atom. The third-order valence-corrected chi connectivity index (χ3v) is 5.20. The highest BCUT2D eigenvalue weighted by Gasteiger charge is 2.28. The van der Waals surface area contributed by atoms with E-state index in [9.17, 15) is 4.79 Å². The van der Waals surface area contributed by atoms with Crippen LogP contribution in [0.15, 0.2) is 54.6 Å². The quantitative estimate of drug-likeness (QED) is 0.820. The van der Waals surface area contributed by atoms with Gasteiger partial charge in [-0.25, -0.2) is 0 Å². The molecule has 0 radical (unpaired) electrons. The summed E-state index contributed by atoms with van der Waals surface area (Å²) in [5.74, 6) is 0.796. The number of carbonyl (C=O) groups is 1. The van der Waals surface area contributed by atoms with Gasteiger partial charge in [0.05, 0.1) is 0 Å². The molecule has 0 amide bonds. The van der Waals surface area contributed by atoms with Crippen LogP contribution in [0.1, 0.15) is 43.2 Å². The normalized spacial score (nSPS) is 21.9. The van der Waals surface area contributed by atoms with Gasteiger partial charge in [0.25, 0.3) is 0 Å². The fraction of sp³-hybridized carbons (Fsp3) is 0.409. The molecule has 1 aliphatic carbocycles. The maximum Gasteiger partial charge on any atom is 0.139 e. The fourth-order valence-corrected chi connectivity index (χ4v) is 3.82. The lowest BCUT2D eigenvalue weighted by molar-refractivity contribution is -0.127. The topological polar surface area (TPSA) is 43.1 Å². The van der Waals surface area contributed by atoms with E-state index in [0.29, 0.717) is 5.78 Å². The van der Waals surface area contributed by atoms with Crippen molar-refractivity contribution in [1.29, 1.82) is 0 Å². The molecule has 1 aliphatic rings. The van der Waals surface area contributed by atoms with Crippen molar-refractivity contribution in [2.75, 3.05) is 5.73 Å². The van der Waals surface area contributed by atoms with Crippen LogP contribution in [0.25, 0.3) is 0 Å². The predicted molar refractivity (Wildman–Crippen MR) is 99.8 cm³/mol. The number of nitrogen functional groups attached to an aromatic ring is 1. The molecule has 3 rings (SSSR count). The van der Waals surface area contributed by atoms with Crippen molar-refractivity contribution in [3.05, 3.63) is 65.7 Å². The molecule has 0 saturated heterocycles. The molecule has 1 fully saturated rings. The second kappa shape index (κ2) is 8.14. The molecule has 0 aromatic heterocycles. The molecular formula is C22H27NO. The van der Waals surface area contributed by atoms with E-state index in [1.54, 1.807) is 0 Å². The van der Waals surface area contributed by atoms with Crippen LogP contribution in [-0.2, 0) is 17.6 Å². The summed E-state index contributed by atoms with van der Waals surface area (Å²) in [6.07, 6.45) is 7.39. The van der Waals surface area contributed by atoms with E-state index in [-0.39, 0.29) is 11.8 Å². The van der Waals surface area contributed by atoms with Gasteiger partial charge in [-0.05, 0) is 48.9 Å². The van der Waals surface area contributed by atoms with Gasteiger partial charge in [0, 0.05) is 17.5 Å². The minimum atomic E-state index is 0.155. The molecule has 0 aliphatic heterocycles. The zero-order valence-electron chi connectivity index (χ0n) is 14.3. The van der Waals surface area contributed by atoms with E-state index in [0.717, 1.165) is 31.4 Å². The summed E-state index contributed by atoms with van der Waals surface area (Å²) in [7, 11) is 0. The van der Waals surface area contributed by atoms with Gasteiger partial charge in [-0.15, -0.1) is 0 Å². The monoisotopic (exact) mass is 321 g/mol. The predicted octanol–water partition coefficient (Wildman–Crippen LogP) is 4.82. The van der Waals surface area contributed by atoms with Crippen molar-refractivity contribution in [3.63, 3.8) is 0 Å². The second-order valence-electron chi connectivity index (χ2n) is 7.07. The molecule has 2 aromatic rings. The molecular weight excluding hydrogens is 294 g/mol. The standard InChI is InChI=1S/C22H27NO/c23-21-13-11-18(12-14-21)16-20-10-6-2-5-9-19(22(20)24)15-17-7-3-1-4-8-17/h1,3-4,7-8,11-14,19-20H,2,5-6,9-10,15-16,23H2. The Kier molecular flexibility index (Phi) is 5.68. The number of rotatable bonds is 4. The summed E-state index contributed by atoms with van der Waals surface area (Å²) in [5.41, 5.74) is 9.06. The first kappa shape index (κ1) is 16.8. The van der Waals surface area contributed by atoms with Crippen molar-refractivity contribution in [2.45, 2.75) is 44.9 Å². The molecule has 24 heavy (non-hydrogen) atoms. The van der Waals surface area contributed by atoms with Gasteiger partial charge in [-0.2, -0.15) is 0 Å². The van der Waals surface area contributed by atoms with E-state index in [1.165, 1.54) is 30.4 Å². The van der Waals surface area contributed by atoms with Gasteiger partial charge >= 0.3 is 0 Å². The largest absolute Gasteiger partial charge is 0.399 e. The SMILES string of the molecule is Nc1ccc(CC2CCCCCC(Cc3ccccc3)C2=O)cc1. The van der Waals surface area contributed by atoms with Crippen molar-refractivity contribution in [2.24, 2.45) is 11.8 Å². The van der Waals surface area contributed by atoms with Crippen molar-refractivity contribution >= 4 is 11.5 Å². The number of anilines is 1. The first-order valence-electron chi connectivity index (χ1n) is 9.14. The third kappa shape index (κ3) is 4.47. The van der Waals surface area contributed by atoms with Crippen LogP contribution >= 0.6 is 0 Å². The first-order chi connectivity index (χ1) is 11.7. The molecule has 2 heteroatoms. The summed E-state index contributed by atoms with van der Waals surface area (Å²) in [6, 6.07) is 18.4.